The molecule has 1 aliphatic rings. The molecule has 0 saturated carbocycles. The fourth-order valence-corrected chi connectivity index (χ4v) is 0.996. The molecule has 0 aromatic heterocycles. The van der Waals surface area contributed by atoms with Crippen LogP contribution >= 0.6 is 0 Å². The zero-order valence-corrected chi connectivity index (χ0v) is 6.79. The minimum Gasteiger partial charge on any atom is -0.483 e. The molecule has 1 heterocycles. The van der Waals surface area contributed by atoms with E-state index in [2.05, 4.69) is 4.74 Å². The normalized spacial score (nSPS) is 22.4. The van der Waals surface area contributed by atoms with E-state index >= 15 is 0 Å². The van der Waals surface area contributed by atoms with Crippen LogP contribution in [-0.4, -0.2) is 19.2 Å². The Morgan fingerprint density at radius 2 is 2.64 bits per heavy atom. The van der Waals surface area contributed by atoms with Gasteiger partial charge in [0.05, 0.1) is 7.11 Å². The van der Waals surface area contributed by atoms with Gasteiger partial charge in [-0.1, -0.05) is 6.92 Å². The maximum Gasteiger partial charge on any atom is 0.372 e. The van der Waals surface area contributed by atoms with E-state index in [1.54, 1.807) is 6.08 Å². The zero-order valence-electron chi connectivity index (χ0n) is 6.79. The van der Waals surface area contributed by atoms with Crippen LogP contribution in [0.2, 0.25) is 0 Å². The van der Waals surface area contributed by atoms with E-state index in [4.69, 9.17) is 4.74 Å². The fraction of sp³-hybridized carbons (Fsp3) is 0.625. The monoisotopic (exact) mass is 156 g/mol. The molecule has 11 heavy (non-hydrogen) atoms. The van der Waals surface area contributed by atoms with Gasteiger partial charge >= 0.3 is 5.97 Å². The lowest BCUT2D eigenvalue weighted by Gasteiger charge is -2.08. The summed E-state index contributed by atoms with van der Waals surface area (Å²) in [4.78, 5) is 10.9. The molecular weight excluding hydrogens is 144 g/mol. The summed E-state index contributed by atoms with van der Waals surface area (Å²) >= 11 is 0. The molecule has 0 aromatic carbocycles. The number of carbonyl (C=O) groups excluding carboxylic acids is 1. The molecule has 0 radical (unpaired) electrons. The second kappa shape index (κ2) is 3.42. The van der Waals surface area contributed by atoms with Crippen LogP contribution in [0.25, 0.3) is 0 Å². The van der Waals surface area contributed by atoms with Gasteiger partial charge < -0.3 is 9.47 Å². The summed E-state index contributed by atoms with van der Waals surface area (Å²) in [7, 11) is 1.35. The Kier molecular flexibility index (Phi) is 2.52. The summed E-state index contributed by atoms with van der Waals surface area (Å²) in [5.41, 5.74) is 0. The summed E-state index contributed by atoms with van der Waals surface area (Å²) in [5, 5.41) is 0. The lowest BCUT2D eigenvalue weighted by atomic mass is 10.2. The van der Waals surface area contributed by atoms with Crippen molar-refractivity contribution in [2.45, 2.75) is 25.9 Å². The van der Waals surface area contributed by atoms with Crippen molar-refractivity contribution in [1.82, 2.24) is 0 Å². The molecule has 1 atom stereocenters. The van der Waals surface area contributed by atoms with Crippen LogP contribution in [-0.2, 0) is 14.3 Å². The van der Waals surface area contributed by atoms with Gasteiger partial charge in [0.2, 0.25) is 5.76 Å². The molecule has 0 spiro atoms. The standard InChI is InChI=1S/C8H12O3/c1-3-6-4-5-7(11-6)8(9)10-2/h5-6H,3-4H2,1-2H3. The topological polar surface area (TPSA) is 35.5 Å². The first-order valence-corrected chi connectivity index (χ1v) is 3.73. The van der Waals surface area contributed by atoms with Gasteiger partial charge in [0.1, 0.15) is 6.10 Å². The van der Waals surface area contributed by atoms with E-state index in [1.165, 1.54) is 7.11 Å². The fourth-order valence-electron chi connectivity index (χ4n) is 0.996. The number of carbonyl (C=O) groups is 1. The largest absolute Gasteiger partial charge is 0.483 e. The Hall–Kier alpha value is -0.990. The molecule has 0 aromatic rings. The highest BCUT2D eigenvalue weighted by Gasteiger charge is 2.21. The predicted molar refractivity (Wildman–Crippen MR) is 39.9 cm³/mol. The first kappa shape index (κ1) is 8.11. The molecule has 0 aliphatic carbocycles. The highest BCUT2D eigenvalue weighted by Crippen LogP contribution is 2.19. The minimum atomic E-state index is -0.374. The Morgan fingerprint density at radius 3 is 3.09 bits per heavy atom. The molecular formula is C8H12O3. The molecule has 0 N–H and O–H groups in total. The van der Waals surface area contributed by atoms with Gasteiger partial charge in [-0.2, -0.15) is 0 Å². The summed E-state index contributed by atoms with van der Waals surface area (Å²) in [5.74, 6) is -0.0136. The van der Waals surface area contributed by atoms with Gasteiger partial charge in [-0.3, -0.25) is 0 Å². The Labute approximate surface area is 66.0 Å². The lowest BCUT2D eigenvalue weighted by Crippen LogP contribution is -2.09. The number of methoxy groups -OCH3 is 1. The Balaban J connectivity index is 2.45. The number of hydrogen-bond donors (Lipinski definition) is 0. The molecule has 0 fully saturated rings. The van der Waals surface area contributed by atoms with Crippen LogP contribution in [0.5, 0.6) is 0 Å². The molecule has 0 bridgehead atoms. The van der Waals surface area contributed by atoms with Crippen LogP contribution < -0.4 is 0 Å². The van der Waals surface area contributed by atoms with Crippen molar-refractivity contribution in [3.63, 3.8) is 0 Å². The third kappa shape index (κ3) is 1.73. The minimum absolute atomic E-state index is 0.170. The average molecular weight is 156 g/mol. The summed E-state index contributed by atoms with van der Waals surface area (Å²) in [6, 6.07) is 0. The van der Waals surface area contributed by atoms with E-state index < -0.39 is 0 Å². The maximum atomic E-state index is 10.9. The van der Waals surface area contributed by atoms with Crippen molar-refractivity contribution in [2.24, 2.45) is 0 Å². The average Bonchev–Trinajstić information content (AvgIpc) is 2.50. The highest BCUT2D eigenvalue weighted by molar-refractivity contribution is 5.86. The van der Waals surface area contributed by atoms with E-state index in [1.807, 2.05) is 6.92 Å². The molecule has 1 unspecified atom stereocenters. The first-order valence-electron chi connectivity index (χ1n) is 3.73. The van der Waals surface area contributed by atoms with Gasteiger partial charge in [-0.15, -0.1) is 0 Å². The van der Waals surface area contributed by atoms with E-state index in [9.17, 15) is 4.79 Å². The van der Waals surface area contributed by atoms with E-state index in [-0.39, 0.29) is 12.1 Å². The van der Waals surface area contributed by atoms with Gasteiger partial charge in [0.15, 0.2) is 0 Å². The first-order chi connectivity index (χ1) is 5.27. The predicted octanol–water partition coefficient (Wildman–Crippen LogP) is 1.24. The van der Waals surface area contributed by atoms with Crippen molar-refractivity contribution in [3.8, 4) is 0 Å². The number of ether oxygens (including phenoxy) is 2. The van der Waals surface area contributed by atoms with E-state index in [0.29, 0.717) is 5.76 Å². The quantitative estimate of drug-likeness (QED) is 0.564. The summed E-state index contributed by atoms with van der Waals surface area (Å²) in [6.45, 7) is 2.03. The van der Waals surface area contributed by atoms with Crippen LogP contribution in [0.1, 0.15) is 19.8 Å². The van der Waals surface area contributed by atoms with Gasteiger partial charge in [-0.25, -0.2) is 4.79 Å². The maximum absolute atomic E-state index is 10.9. The Bertz CT molecular complexity index is 184. The van der Waals surface area contributed by atoms with E-state index in [0.717, 1.165) is 12.8 Å². The van der Waals surface area contributed by atoms with Crippen LogP contribution in [0, 0.1) is 0 Å². The van der Waals surface area contributed by atoms with Crippen molar-refractivity contribution in [3.05, 3.63) is 11.8 Å². The van der Waals surface area contributed by atoms with Crippen molar-refractivity contribution < 1.29 is 14.3 Å². The molecule has 3 heteroatoms. The van der Waals surface area contributed by atoms with Crippen molar-refractivity contribution >= 4 is 5.97 Å². The molecule has 1 aliphatic heterocycles. The molecule has 62 valence electrons. The zero-order chi connectivity index (χ0) is 8.27. The van der Waals surface area contributed by atoms with Gasteiger partial charge in [0, 0.05) is 6.42 Å². The van der Waals surface area contributed by atoms with Crippen molar-refractivity contribution in [2.75, 3.05) is 7.11 Å². The molecule has 0 amide bonds. The number of rotatable bonds is 2. The molecule has 0 saturated heterocycles. The van der Waals surface area contributed by atoms with Gasteiger partial charge in [-0.05, 0) is 12.5 Å². The Morgan fingerprint density at radius 1 is 1.91 bits per heavy atom. The second-order valence-corrected chi connectivity index (χ2v) is 2.44. The van der Waals surface area contributed by atoms with Crippen LogP contribution in [0.15, 0.2) is 11.8 Å². The van der Waals surface area contributed by atoms with Crippen LogP contribution in [0.3, 0.4) is 0 Å². The summed E-state index contributed by atoms with van der Waals surface area (Å²) in [6.07, 6.45) is 3.70. The van der Waals surface area contributed by atoms with Gasteiger partial charge in [0.25, 0.3) is 0 Å². The molecule has 1 rings (SSSR count). The lowest BCUT2D eigenvalue weighted by molar-refractivity contribution is -0.140. The number of hydrogen-bond acceptors (Lipinski definition) is 3. The van der Waals surface area contributed by atoms with Crippen molar-refractivity contribution in [1.29, 1.82) is 0 Å². The highest BCUT2D eigenvalue weighted by atomic mass is 16.6. The second-order valence-electron chi connectivity index (χ2n) is 2.44. The third-order valence-electron chi connectivity index (χ3n) is 1.70. The smallest absolute Gasteiger partial charge is 0.372 e. The van der Waals surface area contributed by atoms with Crippen LogP contribution in [0.4, 0.5) is 0 Å². The summed E-state index contributed by atoms with van der Waals surface area (Å²) < 4.78 is 9.74. The molecule has 3 nitrogen and oxygen atoms in total. The third-order valence-corrected chi connectivity index (χ3v) is 1.70. The number of esters is 1. The SMILES string of the molecule is CCC1CC=C(C(=O)OC)O1.